The molecule has 0 saturated heterocycles. The lowest BCUT2D eigenvalue weighted by atomic mass is 10.1. The molecule has 0 heterocycles. The molecule has 3 heteroatoms. The number of nitrogens with one attached hydrogen (secondary N) is 2. The second kappa shape index (κ2) is 6.62. The van der Waals surface area contributed by atoms with E-state index in [9.17, 15) is 4.79 Å². The SMILES string of the molecule is C=CCNC(=O)CNC(CCC)C1CC1. The fourth-order valence-corrected chi connectivity index (χ4v) is 1.79. The molecule has 15 heavy (non-hydrogen) atoms. The molecule has 1 atom stereocenters. The molecule has 2 N–H and O–H groups in total. The monoisotopic (exact) mass is 210 g/mol. The molecule has 1 unspecified atom stereocenters. The van der Waals surface area contributed by atoms with Gasteiger partial charge in [0, 0.05) is 12.6 Å². The maximum atomic E-state index is 11.3. The molecule has 86 valence electrons. The second-order valence-electron chi connectivity index (χ2n) is 4.21. The van der Waals surface area contributed by atoms with Crippen LogP contribution in [0.4, 0.5) is 0 Å². The highest BCUT2D eigenvalue weighted by Gasteiger charge is 2.30. The molecule has 0 aliphatic heterocycles. The molecule has 3 nitrogen and oxygen atoms in total. The number of amides is 1. The van der Waals surface area contributed by atoms with Gasteiger partial charge in [-0.2, -0.15) is 0 Å². The predicted molar refractivity (Wildman–Crippen MR) is 62.6 cm³/mol. The third-order valence-electron chi connectivity index (χ3n) is 2.76. The van der Waals surface area contributed by atoms with Gasteiger partial charge in [0.05, 0.1) is 6.54 Å². The minimum Gasteiger partial charge on any atom is -0.352 e. The molecular formula is C12H22N2O. The number of rotatable bonds is 8. The molecular weight excluding hydrogens is 188 g/mol. The van der Waals surface area contributed by atoms with Crippen LogP contribution in [0.1, 0.15) is 32.6 Å². The van der Waals surface area contributed by atoms with Crippen molar-refractivity contribution in [3.8, 4) is 0 Å². The first-order valence-corrected chi connectivity index (χ1v) is 5.89. The van der Waals surface area contributed by atoms with E-state index in [0.29, 0.717) is 19.1 Å². The van der Waals surface area contributed by atoms with Gasteiger partial charge in [-0.15, -0.1) is 6.58 Å². The van der Waals surface area contributed by atoms with Crippen LogP contribution in [0.15, 0.2) is 12.7 Å². The van der Waals surface area contributed by atoms with Crippen LogP contribution in [-0.2, 0) is 4.79 Å². The Morgan fingerprint density at radius 1 is 1.60 bits per heavy atom. The zero-order chi connectivity index (χ0) is 11.1. The summed E-state index contributed by atoms with van der Waals surface area (Å²) < 4.78 is 0. The van der Waals surface area contributed by atoms with E-state index < -0.39 is 0 Å². The smallest absolute Gasteiger partial charge is 0.234 e. The Balaban J connectivity index is 2.14. The molecule has 1 rings (SSSR count). The summed E-state index contributed by atoms with van der Waals surface area (Å²) in [5.41, 5.74) is 0. The average molecular weight is 210 g/mol. The molecule has 1 saturated carbocycles. The standard InChI is InChI=1S/C12H22N2O/c1-3-5-11(10-6-7-10)14-9-12(15)13-8-4-2/h4,10-11,14H,2-3,5-9H2,1H3,(H,13,15). The van der Waals surface area contributed by atoms with E-state index in [-0.39, 0.29) is 5.91 Å². The number of hydrogen-bond donors (Lipinski definition) is 2. The van der Waals surface area contributed by atoms with E-state index in [1.54, 1.807) is 6.08 Å². The minimum absolute atomic E-state index is 0.0663. The second-order valence-corrected chi connectivity index (χ2v) is 4.21. The molecule has 1 aliphatic carbocycles. The van der Waals surface area contributed by atoms with Crippen LogP contribution in [0.3, 0.4) is 0 Å². The third kappa shape index (κ3) is 4.98. The van der Waals surface area contributed by atoms with Crippen molar-refractivity contribution in [1.82, 2.24) is 10.6 Å². The Kier molecular flexibility index (Phi) is 5.40. The number of carbonyl (C=O) groups excluding carboxylic acids is 1. The van der Waals surface area contributed by atoms with Crippen molar-refractivity contribution in [3.63, 3.8) is 0 Å². The first-order valence-electron chi connectivity index (χ1n) is 5.89. The lowest BCUT2D eigenvalue weighted by Crippen LogP contribution is -2.40. The number of carbonyl (C=O) groups is 1. The summed E-state index contributed by atoms with van der Waals surface area (Å²) in [4.78, 5) is 11.3. The lowest BCUT2D eigenvalue weighted by Gasteiger charge is -2.16. The summed E-state index contributed by atoms with van der Waals surface area (Å²) in [6.07, 6.45) is 6.71. The zero-order valence-corrected chi connectivity index (χ0v) is 9.59. The van der Waals surface area contributed by atoms with Crippen LogP contribution in [0, 0.1) is 5.92 Å². The average Bonchev–Trinajstić information content (AvgIpc) is 3.04. The Hall–Kier alpha value is -0.830. The van der Waals surface area contributed by atoms with Crippen LogP contribution < -0.4 is 10.6 Å². The molecule has 1 aliphatic rings. The predicted octanol–water partition coefficient (Wildman–Crippen LogP) is 1.46. The molecule has 0 aromatic carbocycles. The molecule has 1 fully saturated rings. The van der Waals surface area contributed by atoms with E-state index in [0.717, 1.165) is 5.92 Å². The van der Waals surface area contributed by atoms with Crippen LogP contribution in [0.2, 0.25) is 0 Å². The van der Waals surface area contributed by atoms with Crippen LogP contribution >= 0.6 is 0 Å². The molecule has 0 aromatic rings. The minimum atomic E-state index is 0.0663. The van der Waals surface area contributed by atoms with Crippen molar-refractivity contribution in [2.24, 2.45) is 5.92 Å². The highest BCUT2D eigenvalue weighted by molar-refractivity contribution is 5.78. The zero-order valence-electron chi connectivity index (χ0n) is 9.59. The van der Waals surface area contributed by atoms with Gasteiger partial charge in [-0.25, -0.2) is 0 Å². The van der Waals surface area contributed by atoms with Gasteiger partial charge in [-0.3, -0.25) is 4.79 Å². The quantitative estimate of drug-likeness (QED) is 0.595. The van der Waals surface area contributed by atoms with E-state index in [1.165, 1.54) is 25.7 Å². The summed E-state index contributed by atoms with van der Waals surface area (Å²) >= 11 is 0. The third-order valence-corrected chi connectivity index (χ3v) is 2.76. The highest BCUT2D eigenvalue weighted by Crippen LogP contribution is 2.34. The first kappa shape index (κ1) is 12.2. The van der Waals surface area contributed by atoms with Gasteiger partial charge in [0.2, 0.25) is 5.91 Å². The molecule has 0 spiro atoms. The topological polar surface area (TPSA) is 41.1 Å². The lowest BCUT2D eigenvalue weighted by molar-refractivity contribution is -0.120. The van der Waals surface area contributed by atoms with Gasteiger partial charge in [-0.05, 0) is 25.2 Å². The maximum absolute atomic E-state index is 11.3. The van der Waals surface area contributed by atoms with Gasteiger partial charge in [-0.1, -0.05) is 19.4 Å². The van der Waals surface area contributed by atoms with Gasteiger partial charge in [0.1, 0.15) is 0 Å². The van der Waals surface area contributed by atoms with Crippen molar-refractivity contribution in [2.75, 3.05) is 13.1 Å². The summed E-state index contributed by atoms with van der Waals surface area (Å²) in [6.45, 7) is 6.75. The van der Waals surface area contributed by atoms with E-state index >= 15 is 0 Å². The fraction of sp³-hybridized carbons (Fsp3) is 0.750. The Labute approximate surface area is 92.3 Å². The summed E-state index contributed by atoms with van der Waals surface area (Å²) in [5, 5.41) is 6.11. The maximum Gasteiger partial charge on any atom is 0.234 e. The fourth-order valence-electron chi connectivity index (χ4n) is 1.79. The largest absolute Gasteiger partial charge is 0.352 e. The van der Waals surface area contributed by atoms with Crippen molar-refractivity contribution < 1.29 is 4.79 Å². The van der Waals surface area contributed by atoms with Crippen molar-refractivity contribution in [2.45, 2.75) is 38.6 Å². The van der Waals surface area contributed by atoms with Gasteiger partial charge >= 0.3 is 0 Å². The van der Waals surface area contributed by atoms with Crippen molar-refractivity contribution in [3.05, 3.63) is 12.7 Å². The molecule has 1 amide bonds. The molecule has 0 bridgehead atoms. The van der Waals surface area contributed by atoms with Crippen LogP contribution in [-0.4, -0.2) is 25.0 Å². The van der Waals surface area contributed by atoms with Gasteiger partial charge in [0.15, 0.2) is 0 Å². The first-order chi connectivity index (χ1) is 7.27. The number of hydrogen-bond acceptors (Lipinski definition) is 2. The Morgan fingerprint density at radius 2 is 2.33 bits per heavy atom. The summed E-state index contributed by atoms with van der Waals surface area (Å²) in [5.74, 6) is 0.883. The van der Waals surface area contributed by atoms with E-state index in [2.05, 4.69) is 24.1 Å². The Bertz CT molecular complexity index is 212. The van der Waals surface area contributed by atoms with E-state index in [4.69, 9.17) is 0 Å². The van der Waals surface area contributed by atoms with Crippen LogP contribution in [0.25, 0.3) is 0 Å². The normalized spacial score (nSPS) is 17.1. The van der Waals surface area contributed by atoms with Crippen LogP contribution in [0.5, 0.6) is 0 Å². The summed E-state index contributed by atoms with van der Waals surface area (Å²) in [7, 11) is 0. The van der Waals surface area contributed by atoms with Crippen molar-refractivity contribution >= 4 is 5.91 Å². The van der Waals surface area contributed by atoms with Gasteiger partial charge < -0.3 is 10.6 Å². The molecule has 0 aromatic heterocycles. The van der Waals surface area contributed by atoms with E-state index in [1.807, 2.05) is 0 Å². The molecule has 0 radical (unpaired) electrons. The summed E-state index contributed by atoms with van der Waals surface area (Å²) in [6, 6.07) is 0.546. The highest BCUT2D eigenvalue weighted by atomic mass is 16.1. The van der Waals surface area contributed by atoms with Gasteiger partial charge in [0.25, 0.3) is 0 Å². The van der Waals surface area contributed by atoms with Crippen molar-refractivity contribution in [1.29, 1.82) is 0 Å². The Morgan fingerprint density at radius 3 is 2.87 bits per heavy atom.